The van der Waals surface area contributed by atoms with E-state index in [9.17, 15) is 4.79 Å². The maximum Gasteiger partial charge on any atom is 0.329 e. The largest absolute Gasteiger partial charge is 0.480 e. The first-order valence-electron chi connectivity index (χ1n) is 3.46. The van der Waals surface area contributed by atoms with Gasteiger partial charge in [-0.3, -0.25) is 0 Å². The number of hydrogen-bond donors (Lipinski definition) is 1. The third-order valence-corrected chi connectivity index (χ3v) is 1.32. The molecule has 0 aliphatic carbocycles. The van der Waals surface area contributed by atoms with Crippen LogP contribution in [0.4, 0.5) is 0 Å². The molecule has 60 valence electrons. The second-order valence-electron chi connectivity index (χ2n) is 2.42. The van der Waals surface area contributed by atoms with E-state index < -0.39 is 5.97 Å². The maximum absolute atomic E-state index is 9.94. The molecule has 0 aromatic rings. The Hall–Kier alpha value is -0.570. The van der Waals surface area contributed by atoms with Crippen LogP contribution in [0.25, 0.3) is 0 Å². The van der Waals surface area contributed by atoms with Gasteiger partial charge in [-0.25, -0.2) is 4.79 Å². The molecular weight excluding hydrogens is 132 g/mol. The van der Waals surface area contributed by atoms with E-state index in [1.165, 1.54) is 0 Å². The lowest BCUT2D eigenvalue weighted by atomic mass is 10.1. The predicted octanol–water partition coefficient (Wildman–Crippen LogP) is 1.13. The van der Waals surface area contributed by atoms with Gasteiger partial charge in [-0.15, -0.1) is 0 Å². The number of aliphatic carboxylic acids is 1. The highest BCUT2D eigenvalue weighted by molar-refractivity contribution is 5.67. The zero-order chi connectivity index (χ0) is 7.98. The Morgan fingerprint density at radius 3 is 2.70 bits per heavy atom. The smallest absolute Gasteiger partial charge is 0.329 e. The van der Waals surface area contributed by atoms with Crippen LogP contribution in [0.3, 0.4) is 0 Å². The number of rotatable bonds is 5. The summed E-state index contributed by atoms with van der Waals surface area (Å²) in [6, 6.07) is 0. The Morgan fingerprint density at radius 1 is 1.70 bits per heavy atom. The van der Waals surface area contributed by atoms with Crippen molar-refractivity contribution >= 4 is 5.97 Å². The van der Waals surface area contributed by atoms with Gasteiger partial charge in [0, 0.05) is 6.61 Å². The third kappa shape index (κ3) is 5.56. The number of carboxylic acid groups (broad SMARTS) is 1. The van der Waals surface area contributed by atoms with Crippen LogP contribution in [-0.2, 0) is 9.53 Å². The van der Waals surface area contributed by atoms with Crippen LogP contribution in [0, 0.1) is 5.92 Å². The van der Waals surface area contributed by atoms with Gasteiger partial charge in [0.15, 0.2) is 0 Å². The summed E-state index contributed by atoms with van der Waals surface area (Å²) in [4.78, 5) is 9.94. The Bertz CT molecular complexity index is 101. The Labute approximate surface area is 61.0 Å². The Balaban J connectivity index is 3.11. The van der Waals surface area contributed by atoms with Crippen LogP contribution < -0.4 is 0 Å². The molecule has 0 spiro atoms. The van der Waals surface area contributed by atoms with E-state index in [0.29, 0.717) is 12.5 Å². The van der Waals surface area contributed by atoms with Gasteiger partial charge in [-0.1, -0.05) is 20.3 Å². The summed E-state index contributed by atoms with van der Waals surface area (Å²) in [5.41, 5.74) is 0. The van der Waals surface area contributed by atoms with Crippen molar-refractivity contribution in [2.75, 3.05) is 13.2 Å². The zero-order valence-corrected chi connectivity index (χ0v) is 6.46. The highest BCUT2D eigenvalue weighted by Crippen LogP contribution is 1.99. The van der Waals surface area contributed by atoms with Gasteiger partial charge in [-0.2, -0.15) is 0 Å². The molecule has 0 aliphatic rings. The SMILES string of the molecule is CCC(C)COCC(=O)O. The minimum absolute atomic E-state index is 0.176. The van der Waals surface area contributed by atoms with E-state index in [1.807, 2.05) is 6.92 Å². The molecule has 0 saturated heterocycles. The van der Waals surface area contributed by atoms with E-state index in [0.717, 1.165) is 6.42 Å². The lowest BCUT2D eigenvalue weighted by Crippen LogP contribution is -2.11. The summed E-state index contributed by atoms with van der Waals surface area (Å²) >= 11 is 0. The number of carboxylic acids is 1. The minimum atomic E-state index is -0.900. The second-order valence-corrected chi connectivity index (χ2v) is 2.42. The monoisotopic (exact) mass is 146 g/mol. The lowest BCUT2D eigenvalue weighted by molar-refractivity contribution is -0.142. The molecule has 0 radical (unpaired) electrons. The molecule has 0 aliphatic heterocycles. The first-order chi connectivity index (χ1) is 4.66. The van der Waals surface area contributed by atoms with Crippen LogP contribution in [0.5, 0.6) is 0 Å². The van der Waals surface area contributed by atoms with Gasteiger partial charge in [0.2, 0.25) is 0 Å². The van der Waals surface area contributed by atoms with Gasteiger partial charge in [0.25, 0.3) is 0 Å². The summed E-state index contributed by atoms with van der Waals surface area (Å²) in [6.07, 6.45) is 1.03. The standard InChI is InChI=1S/C7H14O3/c1-3-6(2)4-10-5-7(8)9/h6H,3-5H2,1-2H3,(H,8,9). The van der Waals surface area contributed by atoms with Crippen molar-refractivity contribution in [2.24, 2.45) is 5.92 Å². The summed E-state index contributed by atoms with van der Waals surface area (Å²) in [6.45, 7) is 4.45. The van der Waals surface area contributed by atoms with Crippen LogP contribution >= 0.6 is 0 Å². The van der Waals surface area contributed by atoms with Gasteiger partial charge in [0.1, 0.15) is 6.61 Å². The van der Waals surface area contributed by atoms with Crippen LogP contribution in [0.2, 0.25) is 0 Å². The molecule has 0 aromatic carbocycles. The van der Waals surface area contributed by atoms with Gasteiger partial charge < -0.3 is 9.84 Å². The summed E-state index contributed by atoms with van der Waals surface area (Å²) < 4.78 is 4.85. The molecule has 0 aromatic heterocycles. The highest BCUT2D eigenvalue weighted by atomic mass is 16.5. The zero-order valence-electron chi connectivity index (χ0n) is 6.46. The number of ether oxygens (including phenoxy) is 1. The molecule has 0 fully saturated rings. The summed E-state index contributed by atoms with van der Waals surface area (Å²) in [7, 11) is 0. The fourth-order valence-corrected chi connectivity index (χ4v) is 0.465. The molecule has 1 atom stereocenters. The molecule has 3 heteroatoms. The maximum atomic E-state index is 9.94. The normalized spacial score (nSPS) is 13.0. The van der Waals surface area contributed by atoms with Crippen molar-refractivity contribution in [3.05, 3.63) is 0 Å². The van der Waals surface area contributed by atoms with Gasteiger partial charge >= 0.3 is 5.97 Å². The molecule has 1 unspecified atom stereocenters. The molecule has 0 amide bonds. The first-order valence-corrected chi connectivity index (χ1v) is 3.46. The summed E-state index contributed by atoms with van der Waals surface area (Å²) in [5, 5.41) is 8.17. The Kier molecular flexibility index (Phi) is 4.94. The summed E-state index contributed by atoms with van der Waals surface area (Å²) in [5.74, 6) is -0.442. The fraction of sp³-hybridized carbons (Fsp3) is 0.857. The van der Waals surface area contributed by atoms with Crippen LogP contribution in [-0.4, -0.2) is 24.3 Å². The van der Waals surface area contributed by atoms with Crippen LogP contribution in [0.1, 0.15) is 20.3 Å². The van der Waals surface area contributed by atoms with E-state index in [4.69, 9.17) is 9.84 Å². The molecule has 10 heavy (non-hydrogen) atoms. The number of carbonyl (C=O) groups is 1. The van der Waals surface area contributed by atoms with Crippen molar-refractivity contribution in [1.82, 2.24) is 0 Å². The minimum Gasteiger partial charge on any atom is -0.480 e. The van der Waals surface area contributed by atoms with E-state index in [-0.39, 0.29) is 6.61 Å². The lowest BCUT2D eigenvalue weighted by Gasteiger charge is -2.06. The highest BCUT2D eigenvalue weighted by Gasteiger charge is 2.00. The van der Waals surface area contributed by atoms with Gasteiger partial charge in [-0.05, 0) is 5.92 Å². The predicted molar refractivity (Wildman–Crippen MR) is 37.9 cm³/mol. The molecular formula is C7H14O3. The molecule has 1 N–H and O–H groups in total. The average Bonchev–Trinajstić information content (AvgIpc) is 1.87. The molecule has 0 rings (SSSR count). The fourth-order valence-electron chi connectivity index (χ4n) is 0.465. The molecule has 0 bridgehead atoms. The van der Waals surface area contributed by atoms with Gasteiger partial charge in [0.05, 0.1) is 0 Å². The van der Waals surface area contributed by atoms with E-state index in [1.54, 1.807) is 0 Å². The van der Waals surface area contributed by atoms with Crippen molar-refractivity contribution in [2.45, 2.75) is 20.3 Å². The third-order valence-electron chi connectivity index (χ3n) is 1.32. The van der Waals surface area contributed by atoms with E-state index >= 15 is 0 Å². The van der Waals surface area contributed by atoms with Crippen molar-refractivity contribution in [3.8, 4) is 0 Å². The average molecular weight is 146 g/mol. The number of hydrogen-bond acceptors (Lipinski definition) is 2. The molecule has 0 heterocycles. The molecule has 3 nitrogen and oxygen atoms in total. The van der Waals surface area contributed by atoms with Crippen LogP contribution in [0.15, 0.2) is 0 Å². The van der Waals surface area contributed by atoms with Crippen molar-refractivity contribution in [3.63, 3.8) is 0 Å². The first kappa shape index (κ1) is 9.43. The quantitative estimate of drug-likeness (QED) is 0.632. The Morgan fingerprint density at radius 2 is 2.30 bits per heavy atom. The molecule has 0 saturated carbocycles. The topological polar surface area (TPSA) is 46.5 Å². The van der Waals surface area contributed by atoms with Crippen molar-refractivity contribution < 1.29 is 14.6 Å². The van der Waals surface area contributed by atoms with E-state index in [2.05, 4.69) is 6.92 Å². The second kappa shape index (κ2) is 5.23. The van der Waals surface area contributed by atoms with Crippen molar-refractivity contribution in [1.29, 1.82) is 0 Å².